The molecule has 0 radical (unpaired) electrons. The van der Waals surface area contributed by atoms with Crippen molar-refractivity contribution < 1.29 is 9.53 Å². The van der Waals surface area contributed by atoms with Crippen LogP contribution in [0, 0.1) is 0 Å². The van der Waals surface area contributed by atoms with Crippen molar-refractivity contribution in [2.24, 2.45) is 0 Å². The van der Waals surface area contributed by atoms with E-state index in [1.807, 2.05) is 36.3 Å². The minimum absolute atomic E-state index is 0.334. The van der Waals surface area contributed by atoms with Crippen LogP contribution in [-0.2, 0) is 9.53 Å². The Hall–Kier alpha value is -1.79. The summed E-state index contributed by atoms with van der Waals surface area (Å²) in [6.45, 7) is 3.60. The van der Waals surface area contributed by atoms with Crippen LogP contribution in [-0.4, -0.2) is 13.1 Å². The quantitative estimate of drug-likeness (QED) is 0.398. The summed E-state index contributed by atoms with van der Waals surface area (Å²) in [5, 5.41) is 0. The Kier molecular flexibility index (Phi) is 3.07. The van der Waals surface area contributed by atoms with Crippen LogP contribution in [0.4, 0.5) is 0 Å². The zero-order valence-electron chi connectivity index (χ0n) is 7.41. The van der Waals surface area contributed by atoms with Crippen molar-refractivity contribution in [3.05, 3.63) is 48.2 Å². The van der Waals surface area contributed by atoms with Crippen molar-refractivity contribution in [1.29, 1.82) is 0 Å². The molecule has 0 N–H and O–H groups in total. The van der Waals surface area contributed by atoms with Crippen LogP contribution in [0.5, 0.6) is 0 Å². The fourth-order valence-electron chi connectivity index (χ4n) is 0.984. The van der Waals surface area contributed by atoms with Gasteiger partial charge in [0.15, 0.2) is 0 Å². The first-order chi connectivity index (χ1) is 6.29. The minimum atomic E-state index is 0.334. The Bertz CT molecular complexity index is 346. The molecule has 0 aliphatic heterocycles. The molecule has 66 valence electrons. The predicted molar refractivity (Wildman–Crippen MR) is 51.7 cm³/mol. The van der Waals surface area contributed by atoms with Crippen LogP contribution in [0.3, 0.4) is 0 Å². The van der Waals surface area contributed by atoms with Gasteiger partial charge < -0.3 is 4.74 Å². The fourth-order valence-corrected chi connectivity index (χ4v) is 0.984. The van der Waals surface area contributed by atoms with Crippen molar-refractivity contribution >= 4 is 11.5 Å². The van der Waals surface area contributed by atoms with Crippen LogP contribution in [0.1, 0.15) is 5.56 Å². The smallest absolute Gasteiger partial charge is 0.136 e. The molecule has 0 unspecified atom stereocenters. The van der Waals surface area contributed by atoms with Gasteiger partial charge in [0.2, 0.25) is 0 Å². The van der Waals surface area contributed by atoms with Crippen LogP contribution < -0.4 is 0 Å². The fraction of sp³-hybridized carbons (Fsp3) is 0.0909. The molecule has 1 rings (SSSR count). The zero-order chi connectivity index (χ0) is 9.68. The average Bonchev–Trinajstić information content (AvgIpc) is 2.20. The standard InChI is InChI=1S/C11H10O2/c1-9(13-2)11(8-12)10-6-4-3-5-7-10/h3-7H,1H2,2H3. The molecule has 0 bridgehead atoms. The second-order valence-corrected chi connectivity index (χ2v) is 2.47. The lowest BCUT2D eigenvalue weighted by molar-refractivity contribution is 0.313. The molecule has 0 fully saturated rings. The van der Waals surface area contributed by atoms with Crippen LogP contribution in [0.15, 0.2) is 42.7 Å². The monoisotopic (exact) mass is 174 g/mol. The number of ether oxygens (including phenoxy) is 1. The highest BCUT2D eigenvalue weighted by Crippen LogP contribution is 2.18. The molecule has 0 amide bonds. The topological polar surface area (TPSA) is 26.3 Å². The molecule has 0 saturated heterocycles. The van der Waals surface area contributed by atoms with Gasteiger partial charge in [0, 0.05) is 0 Å². The molecule has 1 aromatic carbocycles. The molecule has 1 aromatic rings. The largest absolute Gasteiger partial charge is 0.496 e. The van der Waals surface area contributed by atoms with Gasteiger partial charge in [-0.25, -0.2) is 4.79 Å². The van der Waals surface area contributed by atoms with E-state index >= 15 is 0 Å². The Morgan fingerprint density at radius 2 is 2.00 bits per heavy atom. The molecule has 2 heteroatoms. The molecule has 0 aliphatic carbocycles. The highest BCUT2D eigenvalue weighted by Gasteiger charge is 2.05. The predicted octanol–water partition coefficient (Wildman–Crippen LogP) is 2.06. The van der Waals surface area contributed by atoms with E-state index in [4.69, 9.17) is 4.74 Å². The summed E-state index contributed by atoms with van der Waals surface area (Å²) >= 11 is 0. The summed E-state index contributed by atoms with van der Waals surface area (Å²) in [4.78, 5) is 10.6. The number of carbonyl (C=O) groups excluding carboxylic acids is 1. The van der Waals surface area contributed by atoms with E-state index in [-0.39, 0.29) is 0 Å². The maximum Gasteiger partial charge on any atom is 0.136 e. The Labute approximate surface area is 77.2 Å². The highest BCUT2D eigenvalue weighted by atomic mass is 16.5. The van der Waals surface area contributed by atoms with E-state index in [9.17, 15) is 4.79 Å². The van der Waals surface area contributed by atoms with Gasteiger partial charge in [0.1, 0.15) is 17.3 Å². The van der Waals surface area contributed by atoms with E-state index in [1.165, 1.54) is 7.11 Å². The lowest BCUT2D eigenvalue weighted by Crippen LogP contribution is -1.91. The third kappa shape index (κ3) is 2.08. The van der Waals surface area contributed by atoms with Crippen molar-refractivity contribution in [3.8, 4) is 0 Å². The first kappa shape index (κ1) is 9.30. The maximum absolute atomic E-state index is 10.6. The lowest BCUT2D eigenvalue weighted by atomic mass is 10.1. The second kappa shape index (κ2) is 4.29. The van der Waals surface area contributed by atoms with Crippen molar-refractivity contribution in [1.82, 2.24) is 0 Å². The van der Waals surface area contributed by atoms with Gasteiger partial charge >= 0.3 is 0 Å². The Balaban J connectivity index is 3.07. The van der Waals surface area contributed by atoms with Crippen LogP contribution in [0.25, 0.3) is 5.57 Å². The second-order valence-electron chi connectivity index (χ2n) is 2.47. The van der Waals surface area contributed by atoms with E-state index in [0.29, 0.717) is 11.3 Å². The van der Waals surface area contributed by atoms with Gasteiger partial charge in [-0.2, -0.15) is 0 Å². The highest BCUT2D eigenvalue weighted by molar-refractivity contribution is 5.95. The lowest BCUT2D eigenvalue weighted by Gasteiger charge is -2.04. The SMILES string of the molecule is C=C(OC)C(=C=O)c1ccccc1. The van der Waals surface area contributed by atoms with Gasteiger partial charge in [-0.15, -0.1) is 0 Å². The molecule has 0 heterocycles. The zero-order valence-corrected chi connectivity index (χ0v) is 7.41. The van der Waals surface area contributed by atoms with Crippen LogP contribution in [0.2, 0.25) is 0 Å². The third-order valence-electron chi connectivity index (χ3n) is 1.69. The summed E-state index contributed by atoms with van der Waals surface area (Å²) < 4.78 is 4.86. The van der Waals surface area contributed by atoms with E-state index in [0.717, 1.165) is 5.56 Å². The molecule has 0 aliphatic rings. The summed E-state index contributed by atoms with van der Waals surface area (Å²) in [5.74, 6) is 2.15. The number of rotatable bonds is 3. The number of methoxy groups -OCH3 is 1. The molecular formula is C11H10O2. The normalized spacial score (nSPS) is 8.69. The minimum Gasteiger partial charge on any atom is -0.496 e. The van der Waals surface area contributed by atoms with Gasteiger partial charge in [-0.1, -0.05) is 36.9 Å². The molecule has 0 atom stereocenters. The van der Waals surface area contributed by atoms with Gasteiger partial charge in [-0.3, -0.25) is 0 Å². The maximum atomic E-state index is 10.6. The third-order valence-corrected chi connectivity index (χ3v) is 1.69. The molecule has 0 aromatic heterocycles. The van der Waals surface area contributed by atoms with E-state index in [2.05, 4.69) is 6.58 Å². The Morgan fingerprint density at radius 3 is 2.46 bits per heavy atom. The van der Waals surface area contributed by atoms with E-state index < -0.39 is 0 Å². The average molecular weight is 174 g/mol. The number of hydrogen-bond acceptors (Lipinski definition) is 2. The molecule has 0 saturated carbocycles. The number of hydrogen-bond donors (Lipinski definition) is 0. The van der Waals surface area contributed by atoms with Gasteiger partial charge in [0.25, 0.3) is 0 Å². The molecule has 0 spiro atoms. The van der Waals surface area contributed by atoms with Crippen molar-refractivity contribution in [2.75, 3.05) is 7.11 Å². The molecule has 2 nitrogen and oxygen atoms in total. The van der Waals surface area contributed by atoms with Crippen molar-refractivity contribution in [3.63, 3.8) is 0 Å². The van der Waals surface area contributed by atoms with E-state index in [1.54, 1.807) is 0 Å². The van der Waals surface area contributed by atoms with Gasteiger partial charge in [0.05, 0.1) is 7.11 Å². The van der Waals surface area contributed by atoms with Gasteiger partial charge in [-0.05, 0) is 5.56 Å². The number of allylic oxidation sites excluding steroid dienone is 1. The van der Waals surface area contributed by atoms with Crippen molar-refractivity contribution in [2.45, 2.75) is 0 Å². The molecular weight excluding hydrogens is 164 g/mol. The Morgan fingerprint density at radius 1 is 1.38 bits per heavy atom. The summed E-state index contributed by atoms with van der Waals surface area (Å²) in [7, 11) is 1.47. The molecule has 13 heavy (non-hydrogen) atoms. The number of benzene rings is 1. The first-order valence-electron chi connectivity index (χ1n) is 3.83. The summed E-state index contributed by atoms with van der Waals surface area (Å²) in [6, 6.07) is 9.18. The van der Waals surface area contributed by atoms with Crippen LogP contribution >= 0.6 is 0 Å². The summed E-state index contributed by atoms with van der Waals surface area (Å²) in [5.41, 5.74) is 1.13. The first-order valence-corrected chi connectivity index (χ1v) is 3.83. The summed E-state index contributed by atoms with van der Waals surface area (Å²) in [6.07, 6.45) is 0.